The lowest BCUT2D eigenvalue weighted by molar-refractivity contribution is -0.131. The number of piperidine rings is 1. The standard InChI is InChI=1S/C16H20BrNO2/c1-16(2)7-9-18(10-8-16)14-5-3-12(11-13(14)17)4-6-15(19)20/h3-6,11H,7-10H2,1-2H3,(H,19,20)/b6-4+. The number of aliphatic carboxylic acids is 1. The van der Waals surface area contributed by atoms with Crippen LogP contribution in [0.5, 0.6) is 0 Å². The number of anilines is 1. The Morgan fingerprint density at radius 2 is 2.00 bits per heavy atom. The highest BCUT2D eigenvalue weighted by Gasteiger charge is 2.26. The molecule has 0 aromatic heterocycles. The van der Waals surface area contributed by atoms with Gasteiger partial charge in [-0.3, -0.25) is 0 Å². The average Bonchev–Trinajstić information content (AvgIpc) is 2.37. The number of nitrogens with zero attached hydrogens (tertiary/aromatic N) is 1. The Balaban J connectivity index is 2.12. The van der Waals surface area contributed by atoms with Crippen molar-refractivity contribution < 1.29 is 9.90 Å². The number of carboxylic acid groups (broad SMARTS) is 1. The highest BCUT2D eigenvalue weighted by molar-refractivity contribution is 9.10. The molecule has 0 amide bonds. The summed E-state index contributed by atoms with van der Waals surface area (Å²) in [4.78, 5) is 12.9. The van der Waals surface area contributed by atoms with Crippen LogP contribution in [0.15, 0.2) is 28.7 Å². The maximum absolute atomic E-state index is 10.5. The number of benzene rings is 1. The Hall–Kier alpha value is -1.29. The number of hydrogen-bond acceptors (Lipinski definition) is 2. The van der Waals surface area contributed by atoms with E-state index in [0.29, 0.717) is 5.41 Å². The summed E-state index contributed by atoms with van der Waals surface area (Å²) in [6, 6.07) is 5.98. The van der Waals surface area contributed by atoms with E-state index in [4.69, 9.17) is 5.11 Å². The number of carboxylic acids is 1. The van der Waals surface area contributed by atoms with E-state index in [1.165, 1.54) is 18.5 Å². The fraction of sp³-hybridized carbons (Fsp3) is 0.438. The minimum Gasteiger partial charge on any atom is -0.478 e. The smallest absolute Gasteiger partial charge is 0.328 e. The topological polar surface area (TPSA) is 40.5 Å². The summed E-state index contributed by atoms with van der Waals surface area (Å²) in [5.74, 6) is -0.927. The van der Waals surface area contributed by atoms with Gasteiger partial charge in [0.15, 0.2) is 0 Å². The number of carbonyl (C=O) groups is 1. The molecule has 1 aliphatic heterocycles. The number of halogens is 1. The maximum atomic E-state index is 10.5. The molecule has 1 N–H and O–H groups in total. The Kier molecular flexibility index (Phi) is 4.53. The second kappa shape index (κ2) is 6.00. The van der Waals surface area contributed by atoms with Crippen molar-refractivity contribution in [2.24, 2.45) is 5.41 Å². The van der Waals surface area contributed by atoms with Crippen molar-refractivity contribution >= 4 is 33.7 Å². The normalized spacial score (nSPS) is 18.4. The van der Waals surface area contributed by atoms with Gasteiger partial charge in [0.1, 0.15) is 0 Å². The maximum Gasteiger partial charge on any atom is 0.328 e. The summed E-state index contributed by atoms with van der Waals surface area (Å²) < 4.78 is 1.02. The first-order valence-corrected chi connectivity index (χ1v) is 7.62. The molecule has 1 aromatic carbocycles. The SMILES string of the molecule is CC1(C)CCN(c2ccc(/C=C/C(=O)O)cc2Br)CC1. The molecule has 0 unspecified atom stereocenters. The van der Waals surface area contributed by atoms with Crippen molar-refractivity contribution in [1.29, 1.82) is 0 Å². The van der Waals surface area contributed by atoms with Gasteiger partial charge in [-0.25, -0.2) is 4.79 Å². The van der Waals surface area contributed by atoms with Gasteiger partial charge in [0.05, 0.1) is 5.69 Å². The van der Waals surface area contributed by atoms with E-state index in [1.807, 2.05) is 12.1 Å². The van der Waals surface area contributed by atoms with Crippen LogP contribution in [0.25, 0.3) is 6.08 Å². The molecule has 3 nitrogen and oxygen atoms in total. The van der Waals surface area contributed by atoms with Crippen LogP contribution in [0.4, 0.5) is 5.69 Å². The van der Waals surface area contributed by atoms with E-state index in [2.05, 4.69) is 40.7 Å². The molecule has 2 rings (SSSR count). The van der Waals surface area contributed by atoms with Gasteiger partial charge >= 0.3 is 5.97 Å². The van der Waals surface area contributed by atoms with Gasteiger partial charge in [-0.1, -0.05) is 19.9 Å². The first kappa shape index (κ1) is 15.1. The fourth-order valence-corrected chi connectivity index (χ4v) is 3.05. The number of hydrogen-bond donors (Lipinski definition) is 1. The van der Waals surface area contributed by atoms with Gasteiger partial charge in [-0.05, 0) is 58.0 Å². The van der Waals surface area contributed by atoms with Gasteiger partial charge in [-0.2, -0.15) is 0 Å². The first-order chi connectivity index (χ1) is 9.37. The molecule has 0 radical (unpaired) electrons. The third kappa shape index (κ3) is 3.85. The highest BCUT2D eigenvalue weighted by atomic mass is 79.9. The third-order valence-electron chi connectivity index (χ3n) is 3.85. The van der Waals surface area contributed by atoms with E-state index >= 15 is 0 Å². The van der Waals surface area contributed by atoms with Gasteiger partial charge in [0.2, 0.25) is 0 Å². The monoisotopic (exact) mass is 337 g/mol. The van der Waals surface area contributed by atoms with E-state index in [1.54, 1.807) is 6.08 Å². The molecule has 1 aromatic rings. The minimum absolute atomic E-state index is 0.438. The molecule has 0 spiro atoms. The summed E-state index contributed by atoms with van der Waals surface area (Å²) in [5.41, 5.74) is 2.51. The summed E-state index contributed by atoms with van der Waals surface area (Å²) in [5, 5.41) is 8.64. The predicted molar refractivity (Wildman–Crippen MR) is 86.0 cm³/mol. The van der Waals surface area contributed by atoms with Crippen molar-refractivity contribution in [3.63, 3.8) is 0 Å². The summed E-state index contributed by atoms with van der Waals surface area (Å²) in [6.45, 7) is 6.77. The van der Waals surface area contributed by atoms with Gasteiger partial charge in [-0.15, -0.1) is 0 Å². The van der Waals surface area contributed by atoms with Crippen LogP contribution in [0.2, 0.25) is 0 Å². The van der Waals surface area contributed by atoms with Crippen molar-refractivity contribution in [1.82, 2.24) is 0 Å². The average molecular weight is 338 g/mol. The number of rotatable bonds is 3. The van der Waals surface area contributed by atoms with E-state index in [9.17, 15) is 4.79 Å². The van der Waals surface area contributed by atoms with E-state index in [0.717, 1.165) is 29.2 Å². The first-order valence-electron chi connectivity index (χ1n) is 6.83. The molecule has 1 fully saturated rings. The summed E-state index contributed by atoms with van der Waals surface area (Å²) >= 11 is 3.60. The van der Waals surface area contributed by atoms with Crippen molar-refractivity contribution in [3.05, 3.63) is 34.3 Å². The van der Waals surface area contributed by atoms with Crippen LogP contribution in [-0.4, -0.2) is 24.2 Å². The molecule has 1 saturated heterocycles. The molecule has 4 heteroatoms. The van der Waals surface area contributed by atoms with Crippen LogP contribution in [0.3, 0.4) is 0 Å². The highest BCUT2D eigenvalue weighted by Crippen LogP contribution is 2.35. The zero-order chi connectivity index (χ0) is 14.8. The molecular weight excluding hydrogens is 318 g/mol. The third-order valence-corrected chi connectivity index (χ3v) is 4.48. The van der Waals surface area contributed by atoms with Crippen molar-refractivity contribution in [3.8, 4) is 0 Å². The van der Waals surface area contributed by atoms with Crippen LogP contribution < -0.4 is 4.90 Å². The summed E-state index contributed by atoms with van der Waals surface area (Å²) in [7, 11) is 0. The lowest BCUT2D eigenvalue weighted by Gasteiger charge is -2.38. The molecular formula is C16H20BrNO2. The quantitative estimate of drug-likeness (QED) is 0.841. The van der Waals surface area contributed by atoms with Crippen LogP contribution in [-0.2, 0) is 4.79 Å². The van der Waals surface area contributed by atoms with E-state index in [-0.39, 0.29) is 0 Å². The largest absolute Gasteiger partial charge is 0.478 e. The second-order valence-electron chi connectivity index (χ2n) is 6.03. The van der Waals surface area contributed by atoms with Crippen molar-refractivity contribution in [2.75, 3.05) is 18.0 Å². The molecule has 1 heterocycles. The van der Waals surface area contributed by atoms with Gasteiger partial charge in [0, 0.05) is 23.6 Å². The zero-order valence-corrected chi connectivity index (χ0v) is 13.5. The summed E-state index contributed by atoms with van der Waals surface area (Å²) in [6.07, 6.45) is 5.15. The van der Waals surface area contributed by atoms with E-state index < -0.39 is 5.97 Å². The predicted octanol–water partition coefficient (Wildman–Crippen LogP) is 4.17. The van der Waals surface area contributed by atoms with Crippen LogP contribution in [0.1, 0.15) is 32.3 Å². The Morgan fingerprint density at radius 1 is 1.35 bits per heavy atom. The molecule has 108 valence electrons. The molecule has 20 heavy (non-hydrogen) atoms. The molecule has 0 atom stereocenters. The van der Waals surface area contributed by atoms with Crippen LogP contribution in [0, 0.1) is 5.41 Å². The Labute approximate surface area is 128 Å². The van der Waals surface area contributed by atoms with Crippen molar-refractivity contribution in [2.45, 2.75) is 26.7 Å². The van der Waals surface area contributed by atoms with Crippen LogP contribution >= 0.6 is 15.9 Å². The van der Waals surface area contributed by atoms with Gasteiger partial charge in [0.25, 0.3) is 0 Å². The Bertz CT molecular complexity index is 527. The van der Waals surface area contributed by atoms with Gasteiger partial charge < -0.3 is 10.0 Å². The molecule has 0 saturated carbocycles. The second-order valence-corrected chi connectivity index (χ2v) is 6.89. The Morgan fingerprint density at radius 3 is 2.55 bits per heavy atom. The fourth-order valence-electron chi connectivity index (χ4n) is 2.40. The minimum atomic E-state index is -0.927. The molecule has 0 bridgehead atoms. The molecule has 1 aliphatic rings. The lowest BCUT2D eigenvalue weighted by Crippen LogP contribution is -2.37. The molecule has 0 aliphatic carbocycles. The lowest BCUT2D eigenvalue weighted by atomic mass is 9.82. The zero-order valence-electron chi connectivity index (χ0n) is 11.9.